The Balaban J connectivity index is 1.08. The zero-order chi connectivity index (χ0) is 38.3. The van der Waals surface area contributed by atoms with Crippen LogP contribution in [0.25, 0.3) is 99.7 Å². The lowest BCUT2D eigenvalue weighted by atomic mass is 9.81. The van der Waals surface area contributed by atoms with E-state index in [2.05, 4.69) is 174 Å². The summed E-state index contributed by atoms with van der Waals surface area (Å²) in [4.78, 5) is 10.4. The topological polar surface area (TPSA) is 48.8 Å². The fourth-order valence-corrected chi connectivity index (χ4v) is 9.52. The Morgan fingerprint density at radius 1 is 0.517 bits per heavy atom. The third-order valence-corrected chi connectivity index (χ3v) is 12.2. The highest BCUT2D eigenvalue weighted by Gasteiger charge is 2.30. The highest BCUT2D eigenvalue weighted by atomic mass is 16.3. The Kier molecular flexibility index (Phi) is 7.20. The molecule has 0 aliphatic heterocycles. The fraction of sp³-hybridized carbons (Fsp3) is 0.0566. The number of para-hydroxylation sites is 4. The van der Waals surface area contributed by atoms with Gasteiger partial charge in [0.15, 0.2) is 5.82 Å². The number of hydrogen-bond acceptors (Lipinski definition) is 3. The van der Waals surface area contributed by atoms with Crippen molar-refractivity contribution in [2.45, 2.75) is 12.8 Å². The van der Waals surface area contributed by atoms with Gasteiger partial charge in [-0.15, -0.1) is 0 Å². The fourth-order valence-electron chi connectivity index (χ4n) is 9.52. The normalized spacial score (nSPS) is 15.7. The highest BCUT2D eigenvalue weighted by molar-refractivity contribution is 6.29. The molecular weight excluding hydrogens is 709 g/mol. The summed E-state index contributed by atoms with van der Waals surface area (Å²) in [7, 11) is 0. The zero-order valence-corrected chi connectivity index (χ0v) is 31.7. The Hall–Kier alpha value is -7.50. The van der Waals surface area contributed by atoms with Gasteiger partial charge >= 0.3 is 0 Å². The van der Waals surface area contributed by atoms with Crippen LogP contribution in [0.4, 0.5) is 0 Å². The van der Waals surface area contributed by atoms with Gasteiger partial charge < -0.3 is 8.98 Å². The molecule has 2 unspecified atom stereocenters. The van der Waals surface area contributed by atoms with Crippen LogP contribution < -0.4 is 0 Å². The molecule has 5 nitrogen and oxygen atoms in total. The van der Waals surface area contributed by atoms with Gasteiger partial charge in [0.2, 0.25) is 0 Å². The largest absolute Gasteiger partial charge is 0.456 e. The first-order valence-electron chi connectivity index (χ1n) is 20.0. The van der Waals surface area contributed by atoms with Crippen LogP contribution in [0, 0.1) is 5.92 Å². The first kappa shape index (κ1) is 32.7. The lowest BCUT2D eigenvalue weighted by Gasteiger charge is -2.28. The third-order valence-electron chi connectivity index (χ3n) is 12.2. The molecule has 58 heavy (non-hydrogen) atoms. The van der Waals surface area contributed by atoms with Crippen molar-refractivity contribution in [1.82, 2.24) is 19.1 Å². The molecule has 0 saturated carbocycles. The number of aromatic nitrogens is 4. The predicted octanol–water partition coefficient (Wildman–Crippen LogP) is 13.7. The molecular formula is C53H36N4O. The van der Waals surface area contributed by atoms with E-state index in [0.717, 1.165) is 55.6 Å². The first-order valence-corrected chi connectivity index (χ1v) is 20.0. The van der Waals surface area contributed by atoms with Gasteiger partial charge in [0.25, 0.3) is 0 Å². The van der Waals surface area contributed by atoms with Gasteiger partial charge in [-0.3, -0.25) is 4.57 Å². The van der Waals surface area contributed by atoms with Gasteiger partial charge in [0.1, 0.15) is 17.0 Å². The Morgan fingerprint density at radius 3 is 1.86 bits per heavy atom. The smallest absolute Gasteiger partial charge is 0.162 e. The first-order chi connectivity index (χ1) is 28.7. The van der Waals surface area contributed by atoms with Gasteiger partial charge in [-0.1, -0.05) is 153 Å². The molecule has 4 aromatic heterocycles. The second-order valence-electron chi connectivity index (χ2n) is 15.3. The van der Waals surface area contributed by atoms with E-state index in [1.165, 1.54) is 43.8 Å². The minimum absolute atomic E-state index is 0.126. The van der Waals surface area contributed by atoms with Crippen LogP contribution in [0.2, 0.25) is 0 Å². The molecule has 274 valence electrons. The van der Waals surface area contributed by atoms with Gasteiger partial charge in [-0.2, -0.15) is 0 Å². The maximum atomic E-state index is 6.57. The summed E-state index contributed by atoms with van der Waals surface area (Å²) in [5.74, 6) is 1.81. The minimum atomic E-state index is 0.126. The molecule has 0 fully saturated rings. The van der Waals surface area contributed by atoms with E-state index in [1.807, 2.05) is 30.3 Å². The monoisotopic (exact) mass is 744 g/mol. The van der Waals surface area contributed by atoms with Crippen LogP contribution >= 0.6 is 0 Å². The predicted molar refractivity (Wildman–Crippen MR) is 239 cm³/mol. The van der Waals surface area contributed by atoms with Crippen molar-refractivity contribution in [1.29, 1.82) is 0 Å². The molecule has 7 aromatic carbocycles. The summed E-state index contributed by atoms with van der Waals surface area (Å²) < 4.78 is 11.4. The average molecular weight is 745 g/mol. The number of nitrogens with zero attached hydrogens (tertiary/aromatic N) is 4. The third kappa shape index (κ3) is 4.83. The summed E-state index contributed by atoms with van der Waals surface area (Å²) in [6, 6.07) is 59.9. The lowest BCUT2D eigenvalue weighted by molar-refractivity contribution is 0.610. The van der Waals surface area contributed by atoms with Crippen LogP contribution in [0.3, 0.4) is 0 Å². The second kappa shape index (κ2) is 12.8. The van der Waals surface area contributed by atoms with Crippen LogP contribution in [0.1, 0.15) is 18.4 Å². The minimum Gasteiger partial charge on any atom is -0.456 e. The Morgan fingerprint density at radius 2 is 1.12 bits per heavy atom. The average Bonchev–Trinajstić information content (AvgIpc) is 3.95. The molecule has 0 amide bonds. The van der Waals surface area contributed by atoms with Crippen molar-refractivity contribution in [3.8, 4) is 28.5 Å². The van der Waals surface area contributed by atoms with Gasteiger partial charge in [0, 0.05) is 72.6 Å². The van der Waals surface area contributed by atoms with Crippen molar-refractivity contribution in [2.75, 3.05) is 0 Å². The second-order valence-corrected chi connectivity index (χ2v) is 15.3. The number of fused-ring (bicyclic) bond motifs is 10. The molecule has 1 aliphatic carbocycles. The van der Waals surface area contributed by atoms with Crippen molar-refractivity contribution < 1.29 is 4.42 Å². The molecule has 11 aromatic rings. The maximum Gasteiger partial charge on any atom is 0.162 e. The Bertz CT molecular complexity index is 3420. The summed E-state index contributed by atoms with van der Waals surface area (Å²) in [5, 5.41) is 7.18. The van der Waals surface area contributed by atoms with E-state index in [4.69, 9.17) is 14.4 Å². The van der Waals surface area contributed by atoms with E-state index in [0.29, 0.717) is 5.82 Å². The molecule has 2 atom stereocenters. The Labute approximate surface area is 334 Å². The highest BCUT2D eigenvalue weighted by Crippen LogP contribution is 2.47. The van der Waals surface area contributed by atoms with Crippen LogP contribution in [-0.4, -0.2) is 19.1 Å². The molecule has 0 radical (unpaired) electrons. The van der Waals surface area contributed by atoms with Gasteiger partial charge in [-0.05, 0) is 36.4 Å². The number of furan rings is 1. The summed E-state index contributed by atoms with van der Waals surface area (Å²) in [5.41, 5.74) is 11.9. The van der Waals surface area contributed by atoms with Crippen molar-refractivity contribution >= 4 is 71.2 Å². The molecule has 5 heteroatoms. The van der Waals surface area contributed by atoms with E-state index in [9.17, 15) is 0 Å². The number of rotatable bonds is 5. The molecule has 0 N–H and O–H groups in total. The zero-order valence-electron chi connectivity index (χ0n) is 31.7. The van der Waals surface area contributed by atoms with Crippen LogP contribution in [-0.2, 0) is 0 Å². The van der Waals surface area contributed by atoms with Crippen molar-refractivity contribution in [3.05, 3.63) is 194 Å². The number of hydrogen-bond donors (Lipinski definition) is 0. The van der Waals surface area contributed by atoms with Crippen molar-refractivity contribution in [3.63, 3.8) is 0 Å². The maximum absolute atomic E-state index is 6.57. The molecule has 0 saturated heterocycles. The van der Waals surface area contributed by atoms with Crippen LogP contribution in [0.15, 0.2) is 193 Å². The molecule has 0 spiro atoms. The standard InChI is InChI=1S/C53H36N4O/c1-33-36(38-24-14-25-39-37-20-10-13-29-48(37)58-52(38)39)23-15-28-43(33)56-44-26-11-8-21-40(44)50-46(56)30-31-47-51(50)41-22-9-12-27-45(41)57(47)49-32-42(34-16-4-2-5-17-34)54-53(55-49)35-18-6-3-7-19-35/h2-33,36H,1H3. The van der Waals surface area contributed by atoms with E-state index < -0.39 is 0 Å². The summed E-state index contributed by atoms with van der Waals surface area (Å²) >= 11 is 0. The molecule has 4 heterocycles. The molecule has 0 bridgehead atoms. The summed E-state index contributed by atoms with van der Waals surface area (Å²) in [6.07, 6.45) is 6.87. The number of allylic oxidation sites excluding steroid dienone is 4. The van der Waals surface area contributed by atoms with E-state index in [-0.39, 0.29) is 11.8 Å². The van der Waals surface area contributed by atoms with E-state index in [1.54, 1.807) is 0 Å². The van der Waals surface area contributed by atoms with Gasteiger partial charge in [0.05, 0.1) is 27.8 Å². The quantitative estimate of drug-likeness (QED) is 0.176. The SMILES string of the molecule is CC1C(n2c3ccccc3c3c4c5ccccc5n(-c5cc(-c6ccccc6)nc(-c6ccccc6)n5)c4ccc32)=CC=CC1c1cccc2c1oc1ccccc12. The molecule has 1 aliphatic rings. The number of benzene rings is 7. The summed E-state index contributed by atoms with van der Waals surface area (Å²) in [6.45, 7) is 2.36. The van der Waals surface area contributed by atoms with E-state index >= 15 is 0 Å². The van der Waals surface area contributed by atoms with Crippen LogP contribution in [0.5, 0.6) is 0 Å². The van der Waals surface area contributed by atoms with Gasteiger partial charge in [-0.25, -0.2) is 9.97 Å². The lowest BCUT2D eigenvalue weighted by Crippen LogP contribution is -2.16. The van der Waals surface area contributed by atoms with Crippen molar-refractivity contribution in [2.24, 2.45) is 5.92 Å². The molecule has 12 rings (SSSR count).